The molecule has 7 atom stereocenters. The van der Waals surface area contributed by atoms with Gasteiger partial charge in [-0.15, -0.1) is 0 Å². The average molecular weight is 375 g/mol. The Labute approximate surface area is 154 Å². The van der Waals surface area contributed by atoms with Crippen LogP contribution in [0.15, 0.2) is 0 Å². The van der Waals surface area contributed by atoms with Crippen molar-refractivity contribution in [2.45, 2.75) is 95.7 Å². The van der Waals surface area contributed by atoms with E-state index in [1.165, 1.54) is 0 Å². The van der Waals surface area contributed by atoms with E-state index in [2.05, 4.69) is 5.32 Å². The zero-order chi connectivity index (χ0) is 19.7. The summed E-state index contributed by atoms with van der Waals surface area (Å²) in [5.41, 5.74) is -1.66. The summed E-state index contributed by atoms with van der Waals surface area (Å²) in [5, 5.41) is 33.3. The minimum Gasteiger partial charge on any atom is -0.444 e. The van der Waals surface area contributed by atoms with E-state index in [1.807, 2.05) is 6.92 Å². The summed E-state index contributed by atoms with van der Waals surface area (Å²) in [5.74, 6) is -0.0584. The second-order valence-corrected chi connectivity index (χ2v) is 8.91. The van der Waals surface area contributed by atoms with E-state index >= 15 is 0 Å². The molecule has 0 radical (unpaired) electrons. The lowest BCUT2D eigenvalue weighted by molar-refractivity contribution is -0.287. The zero-order valence-electron chi connectivity index (χ0n) is 16.3. The van der Waals surface area contributed by atoms with Crippen LogP contribution in [0, 0.1) is 5.92 Å². The average Bonchev–Trinajstić information content (AvgIpc) is 2.41. The normalized spacial score (nSPS) is 41.5. The highest BCUT2D eigenvalue weighted by Crippen LogP contribution is 2.32. The number of ether oxygens (including phenoxy) is 3. The van der Waals surface area contributed by atoms with Crippen LogP contribution in [0.4, 0.5) is 4.79 Å². The molecular formula is C18H33NO7. The zero-order valence-corrected chi connectivity index (χ0v) is 16.3. The Bertz CT molecular complexity index is 478. The van der Waals surface area contributed by atoms with Gasteiger partial charge < -0.3 is 34.8 Å². The van der Waals surface area contributed by atoms with Crippen molar-refractivity contribution in [1.29, 1.82) is 0 Å². The molecule has 1 aliphatic heterocycles. The molecule has 1 heterocycles. The van der Waals surface area contributed by atoms with Crippen molar-refractivity contribution in [3.63, 3.8) is 0 Å². The molecule has 26 heavy (non-hydrogen) atoms. The van der Waals surface area contributed by atoms with Crippen LogP contribution in [0.1, 0.15) is 53.9 Å². The molecule has 7 unspecified atom stereocenters. The lowest BCUT2D eigenvalue weighted by atomic mass is 9.82. The molecule has 2 aliphatic rings. The quantitative estimate of drug-likeness (QED) is 0.579. The molecule has 0 bridgehead atoms. The second-order valence-electron chi connectivity index (χ2n) is 8.91. The summed E-state index contributed by atoms with van der Waals surface area (Å²) < 4.78 is 16.5. The Balaban J connectivity index is 1.87. The van der Waals surface area contributed by atoms with Crippen LogP contribution in [0.2, 0.25) is 0 Å². The first-order valence-electron chi connectivity index (χ1n) is 9.21. The number of amides is 1. The molecule has 2 rings (SSSR count). The number of rotatable bonds is 3. The first kappa shape index (κ1) is 21.4. The molecule has 4 N–H and O–H groups in total. The molecular weight excluding hydrogens is 342 g/mol. The SMILES string of the molecule is CC1CC(NC(=O)OC(C)(C)C)CC(O)C1OC1OCC(C)(O)CC1O. The van der Waals surface area contributed by atoms with Gasteiger partial charge in [-0.05, 0) is 46.5 Å². The van der Waals surface area contributed by atoms with Gasteiger partial charge in [0.15, 0.2) is 6.29 Å². The minimum atomic E-state index is -1.08. The highest BCUT2D eigenvalue weighted by molar-refractivity contribution is 5.68. The van der Waals surface area contributed by atoms with Crippen LogP contribution in [0.5, 0.6) is 0 Å². The molecule has 0 spiro atoms. The topological polar surface area (TPSA) is 117 Å². The summed E-state index contributed by atoms with van der Waals surface area (Å²) in [4.78, 5) is 11.9. The van der Waals surface area contributed by atoms with Gasteiger partial charge in [-0.3, -0.25) is 0 Å². The maximum absolute atomic E-state index is 11.9. The van der Waals surface area contributed by atoms with Crippen LogP contribution < -0.4 is 5.32 Å². The van der Waals surface area contributed by atoms with Crippen LogP contribution >= 0.6 is 0 Å². The van der Waals surface area contributed by atoms with Gasteiger partial charge in [-0.1, -0.05) is 6.92 Å². The van der Waals surface area contributed by atoms with Gasteiger partial charge >= 0.3 is 6.09 Å². The number of hydrogen-bond acceptors (Lipinski definition) is 7. The molecule has 0 aromatic carbocycles. The van der Waals surface area contributed by atoms with Gasteiger partial charge in [-0.2, -0.15) is 0 Å². The fourth-order valence-electron chi connectivity index (χ4n) is 3.56. The highest BCUT2D eigenvalue weighted by Gasteiger charge is 2.42. The van der Waals surface area contributed by atoms with E-state index in [-0.39, 0.29) is 25.0 Å². The molecule has 1 saturated carbocycles. The molecule has 152 valence electrons. The van der Waals surface area contributed by atoms with Crippen LogP contribution in [-0.2, 0) is 14.2 Å². The van der Waals surface area contributed by atoms with Crippen LogP contribution in [-0.4, -0.2) is 69.9 Å². The molecule has 1 saturated heterocycles. The van der Waals surface area contributed by atoms with E-state index in [1.54, 1.807) is 27.7 Å². The summed E-state index contributed by atoms with van der Waals surface area (Å²) in [6.45, 7) is 8.96. The summed E-state index contributed by atoms with van der Waals surface area (Å²) in [6, 6.07) is -0.215. The smallest absolute Gasteiger partial charge is 0.407 e. The number of aliphatic hydroxyl groups is 3. The van der Waals surface area contributed by atoms with Crippen molar-refractivity contribution in [3.05, 3.63) is 0 Å². The Kier molecular flexibility index (Phi) is 6.56. The third kappa shape index (κ3) is 6.06. The number of alkyl carbamates (subject to hydrolysis) is 1. The predicted molar refractivity (Wildman–Crippen MR) is 93.4 cm³/mol. The summed E-state index contributed by atoms with van der Waals surface area (Å²) in [6.07, 6.45) is -2.59. The fourth-order valence-corrected chi connectivity index (χ4v) is 3.56. The lowest BCUT2D eigenvalue weighted by Gasteiger charge is -2.43. The summed E-state index contributed by atoms with van der Waals surface area (Å²) >= 11 is 0. The van der Waals surface area contributed by atoms with Crippen LogP contribution in [0.25, 0.3) is 0 Å². The Hall–Kier alpha value is -0.930. The molecule has 0 aromatic rings. The van der Waals surface area contributed by atoms with Crippen molar-refractivity contribution in [1.82, 2.24) is 5.32 Å². The highest BCUT2D eigenvalue weighted by atomic mass is 16.7. The number of hydrogen-bond donors (Lipinski definition) is 4. The monoisotopic (exact) mass is 375 g/mol. The maximum Gasteiger partial charge on any atom is 0.407 e. The molecule has 0 aromatic heterocycles. The number of nitrogens with one attached hydrogen (secondary N) is 1. The van der Waals surface area contributed by atoms with Gasteiger partial charge in [-0.25, -0.2) is 4.79 Å². The first-order chi connectivity index (χ1) is 11.9. The Morgan fingerprint density at radius 1 is 1.23 bits per heavy atom. The third-order valence-corrected chi connectivity index (χ3v) is 4.66. The molecule has 1 aliphatic carbocycles. The third-order valence-electron chi connectivity index (χ3n) is 4.66. The number of carbonyl (C=O) groups is 1. The van der Waals surface area contributed by atoms with Crippen molar-refractivity contribution >= 4 is 6.09 Å². The van der Waals surface area contributed by atoms with Gasteiger partial charge in [0.05, 0.1) is 24.4 Å². The largest absolute Gasteiger partial charge is 0.444 e. The maximum atomic E-state index is 11.9. The second kappa shape index (κ2) is 7.98. The predicted octanol–water partition coefficient (Wildman–Crippen LogP) is 0.914. The van der Waals surface area contributed by atoms with Gasteiger partial charge in [0.1, 0.15) is 11.7 Å². The number of aliphatic hydroxyl groups excluding tert-OH is 2. The van der Waals surface area contributed by atoms with E-state index in [4.69, 9.17) is 14.2 Å². The number of carbonyl (C=O) groups excluding carboxylic acids is 1. The van der Waals surface area contributed by atoms with Crippen molar-refractivity contribution in [2.24, 2.45) is 5.92 Å². The van der Waals surface area contributed by atoms with Crippen molar-refractivity contribution < 1.29 is 34.3 Å². The van der Waals surface area contributed by atoms with Crippen molar-refractivity contribution in [3.8, 4) is 0 Å². The van der Waals surface area contributed by atoms with Gasteiger partial charge in [0.25, 0.3) is 0 Å². The molecule has 8 nitrogen and oxygen atoms in total. The van der Waals surface area contributed by atoms with E-state index < -0.39 is 41.9 Å². The molecule has 8 heteroatoms. The first-order valence-corrected chi connectivity index (χ1v) is 9.21. The lowest BCUT2D eigenvalue weighted by Crippen LogP contribution is -2.55. The Morgan fingerprint density at radius 3 is 2.42 bits per heavy atom. The van der Waals surface area contributed by atoms with E-state index in [0.717, 1.165) is 0 Å². The van der Waals surface area contributed by atoms with Crippen molar-refractivity contribution in [2.75, 3.05) is 6.61 Å². The summed E-state index contributed by atoms with van der Waals surface area (Å²) in [7, 11) is 0. The fraction of sp³-hybridized carbons (Fsp3) is 0.944. The molecule has 1 amide bonds. The molecule has 2 fully saturated rings. The van der Waals surface area contributed by atoms with E-state index in [9.17, 15) is 20.1 Å². The minimum absolute atomic E-state index is 0.0584. The standard InChI is InChI=1S/C18H33NO7/c1-10-6-11(19-16(22)26-17(2,3)4)7-12(20)14(10)25-15-13(21)8-18(5,23)9-24-15/h10-15,20-21,23H,6-9H2,1-5H3,(H,19,22). The Morgan fingerprint density at radius 2 is 1.88 bits per heavy atom. The van der Waals surface area contributed by atoms with E-state index in [0.29, 0.717) is 12.8 Å². The van der Waals surface area contributed by atoms with Crippen LogP contribution in [0.3, 0.4) is 0 Å². The van der Waals surface area contributed by atoms with Gasteiger partial charge in [0.2, 0.25) is 0 Å². The van der Waals surface area contributed by atoms with Gasteiger partial charge in [0, 0.05) is 12.5 Å².